The predicted octanol–water partition coefficient (Wildman–Crippen LogP) is 2.47. The van der Waals surface area contributed by atoms with E-state index in [4.69, 9.17) is 5.73 Å². The number of nitrogens with zero attached hydrogens (tertiary/aromatic N) is 3. The average molecular weight is 448 g/mol. The second-order valence-electron chi connectivity index (χ2n) is 8.26. The molecule has 0 radical (unpaired) electrons. The molecule has 0 bridgehead atoms. The zero-order chi connectivity index (χ0) is 22.6. The molecular formula is C21H22F2N4O3S. The summed E-state index contributed by atoms with van der Waals surface area (Å²) in [6.45, 7) is 1.46. The number of halogens is 2. The lowest BCUT2D eigenvalue weighted by atomic mass is 9.91. The van der Waals surface area contributed by atoms with Crippen molar-refractivity contribution in [3.05, 3.63) is 64.5 Å². The van der Waals surface area contributed by atoms with E-state index in [0.29, 0.717) is 11.5 Å². The van der Waals surface area contributed by atoms with Crippen LogP contribution in [-0.2, 0) is 22.0 Å². The monoisotopic (exact) mass is 448 g/mol. The number of carbonyl (C=O) groups is 1. The first-order valence-electron chi connectivity index (χ1n) is 9.80. The van der Waals surface area contributed by atoms with Crippen LogP contribution >= 0.6 is 0 Å². The van der Waals surface area contributed by atoms with Crippen molar-refractivity contribution in [2.24, 2.45) is 10.7 Å². The number of hydrogen-bond donors (Lipinski definition) is 1. The lowest BCUT2D eigenvalue weighted by Gasteiger charge is -2.34. The maximum atomic E-state index is 14.7. The summed E-state index contributed by atoms with van der Waals surface area (Å²) >= 11 is 0. The molecule has 1 fully saturated rings. The minimum absolute atomic E-state index is 0.00469. The number of benzene rings is 1. The molecule has 0 unspecified atom stereocenters. The second kappa shape index (κ2) is 7.37. The number of hydrogen-bond acceptors (Lipinski definition) is 6. The number of sulfonamides is 1. The van der Waals surface area contributed by atoms with Gasteiger partial charge in [-0.2, -0.15) is 0 Å². The fraction of sp³-hybridized carbons (Fsp3) is 0.381. The van der Waals surface area contributed by atoms with Crippen LogP contribution in [0.1, 0.15) is 52.9 Å². The molecule has 2 aromatic rings. The SMILES string of the molecule is CN1C(N)=N[C@](C)(c2cc(CC(=O)c3ncc(C4CC4)cc3F)ccc2F)CS1(=O)=O. The zero-order valence-electron chi connectivity index (χ0n) is 17.1. The van der Waals surface area contributed by atoms with Gasteiger partial charge in [-0.15, -0.1) is 0 Å². The van der Waals surface area contributed by atoms with E-state index in [1.54, 1.807) is 0 Å². The maximum absolute atomic E-state index is 14.7. The van der Waals surface area contributed by atoms with Crippen LogP contribution in [0.4, 0.5) is 8.78 Å². The molecule has 2 aliphatic rings. The largest absolute Gasteiger partial charge is 0.369 e. The summed E-state index contributed by atoms with van der Waals surface area (Å²) < 4.78 is 54.7. The molecule has 1 aromatic carbocycles. The third-order valence-corrected chi connectivity index (χ3v) is 7.66. The maximum Gasteiger partial charge on any atom is 0.239 e. The smallest absolute Gasteiger partial charge is 0.239 e. The van der Waals surface area contributed by atoms with Crippen molar-refractivity contribution in [1.82, 2.24) is 9.29 Å². The van der Waals surface area contributed by atoms with Gasteiger partial charge in [-0.1, -0.05) is 6.07 Å². The molecule has 1 aliphatic heterocycles. The molecule has 1 aromatic heterocycles. The second-order valence-corrected chi connectivity index (χ2v) is 10.3. The van der Waals surface area contributed by atoms with E-state index in [2.05, 4.69) is 9.98 Å². The molecule has 0 spiro atoms. The fourth-order valence-corrected chi connectivity index (χ4v) is 5.20. The van der Waals surface area contributed by atoms with Crippen LogP contribution in [0.15, 0.2) is 35.5 Å². The number of guanidine groups is 1. The Hall–Kier alpha value is -2.88. The zero-order valence-corrected chi connectivity index (χ0v) is 17.9. The third kappa shape index (κ3) is 4.04. The summed E-state index contributed by atoms with van der Waals surface area (Å²) in [5.74, 6) is -2.33. The lowest BCUT2D eigenvalue weighted by molar-refractivity contribution is 0.0983. The number of nitrogens with two attached hydrogens (primary N) is 1. The third-order valence-electron chi connectivity index (χ3n) is 5.72. The molecule has 10 heteroatoms. The van der Waals surface area contributed by atoms with Crippen molar-refractivity contribution in [3.63, 3.8) is 0 Å². The van der Waals surface area contributed by atoms with Crippen molar-refractivity contribution in [2.75, 3.05) is 12.8 Å². The van der Waals surface area contributed by atoms with Gasteiger partial charge in [-0.05, 0) is 55.0 Å². The number of aromatic nitrogens is 1. The van der Waals surface area contributed by atoms with Gasteiger partial charge in [0.2, 0.25) is 16.0 Å². The van der Waals surface area contributed by atoms with Crippen molar-refractivity contribution < 1.29 is 22.0 Å². The van der Waals surface area contributed by atoms with Crippen LogP contribution in [0, 0.1) is 11.6 Å². The van der Waals surface area contributed by atoms with E-state index >= 15 is 0 Å². The van der Waals surface area contributed by atoms with E-state index in [1.807, 2.05) is 0 Å². The molecule has 0 saturated heterocycles. The Labute approximate surface area is 179 Å². The predicted molar refractivity (Wildman–Crippen MR) is 111 cm³/mol. The molecule has 7 nitrogen and oxygen atoms in total. The summed E-state index contributed by atoms with van der Waals surface area (Å²) in [6.07, 6.45) is 3.28. The van der Waals surface area contributed by atoms with Gasteiger partial charge in [0.05, 0.1) is 5.75 Å². The summed E-state index contributed by atoms with van der Waals surface area (Å²) in [5.41, 5.74) is 5.17. The lowest BCUT2D eigenvalue weighted by Crippen LogP contribution is -2.50. The van der Waals surface area contributed by atoms with E-state index < -0.39 is 38.7 Å². The van der Waals surface area contributed by atoms with E-state index in [-0.39, 0.29) is 23.6 Å². The van der Waals surface area contributed by atoms with Gasteiger partial charge in [0.25, 0.3) is 0 Å². The molecular weight excluding hydrogens is 426 g/mol. The highest BCUT2D eigenvalue weighted by Gasteiger charge is 2.41. The van der Waals surface area contributed by atoms with E-state index in [1.165, 1.54) is 38.4 Å². The van der Waals surface area contributed by atoms with Gasteiger partial charge in [-0.25, -0.2) is 31.5 Å². The van der Waals surface area contributed by atoms with Gasteiger partial charge < -0.3 is 5.73 Å². The molecule has 1 atom stereocenters. The van der Waals surface area contributed by atoms with E-state index in [9.17, 15) is 22.0 Å². The normalized spacial score (nSPS) is 22.8. The Morgan fingerprint density at radius 2 is 1.97 bits per heavy atom. The van der Waals surface area contributed by atoms with Crippen molar-refractivity contribution in [1.29, 1.82) is 0 Å². The van der Waals surface area contributed by atoms with Crippen LogP contribution in [-0.4, -0.2) is 42.3 Å². The van der Waals surface area contributed by atoms with Crippen LogP contribution in [0.5, 0.6) is 0 Å². The number of aliphatic imine (C=N–C) groups is 1. The molecule has 1 aliphatic carbocycles. The van der Waals surface area contributed by atoms with Gasteiger partial charge in [-0.3, -0.25) is 4.79 Å². The number of rotatable bonds is 5. The topological polar surface area (TPSA) is 106 Å². The van der Waals surface area contributed by atoms with Crippen LogP contribution in [0.2, 0.25) is 0 Å². The molecule has 0 amide bonds. The van der Waals surface area contributed by atoms with Crippen LogP contribution in [0.3, 0.4) is 0 Å². The minimum atomic E-state index is -3.79. The van der Waals surface area contributed by atoms with Gasteiger partial charge in [0, 0.05) is 25.2 Å². The van der Waals surface area contributed by atoms with Gasteiger partial charge in [0.15, 0.2) is 11.6 Å². The summed E-state index contributed by atoms with van der Waals surface area (Å²) in [7, 11) is -2.52. The van der Waals surface area contributed by atoms with Crippen molar-refractivity contribution >= 4 is 21.8 Å². The number of ketones is 1. The van der Waals surface area contributed by atoms with Gasteiger partial charge >= 0.3 is 0 Å². The standard InChI is InChI=1S/C21H22F2N4O3S/c1-21(11-31(29,30)27(2)20(24)26-21)15-7-12(3-6-16(15)22)8-18(28)19-17(23)9-14(10-25-19)13-4-5-13/h3,6-7,9-10,13H,4-5,8,11H2,1-2H3,(H2,24,26)/t21-/m0/s1. The fourth-order valence-electron chi connectivity index (χ4n) is 3.75. The molecule has 2 N–H and O–H groups in total. The first-order valence-corrected chi connectivity index (χ1v) is 11.4. The Bertz CT molecular complexity index is 1210. The Balaban J connectivity index is 1.63. The average Bonchev–Trinajstić information content (AvgIpc) is 3.52. The molecule has 1 saturated carbocycles. The number of pyridine rings is 1. The summed E-state index contributed by atoms with van der Waals surface area (Å²) in [6, 6.07) is 5.25. The Morgan fingerprint density at radius 3 is 2.58 bits per heavy atom. The van der Waals surface area contributed by atoms with Gasteiger partial charge in [0.1, 0.15) is 17.1 Å². The highest BCUT2D eigenvalue weighted by molar-refractivity contribution is 7.89. The Kier molecular flexibility index (Phi) is 5.07. The summed E-state index contributed by atoms with van der Waals surface area (Å²) in [4.78, 5) is 20.8. The Morgan fingerprint density at radius 1 is 1.26 bits per heavy atom. The van der Waals surface area contributed by atoms with Crippen molar-refractivity contribution in [2.45, 2.75) is 37.6 Å². The van der Waals surface area contributed by atoms with E-state index in [0.717, 1.165) is 28.8 Å². The molecule has 4 rings (SSSR count). The van der Waals surface area contributed by atoms with Crippen LogP contribution in [0.25, 0.3) is 0 Å². The molecule has 164 valence electrons. The minimum Gasteiger partial charge on any atom is -0.369 e. The molecule has 31 heavy (non-hydrogen) atoms. The number of carbonyl (C=O) groups excluding carboxylic acids is 1. The highest BCUT2D eigenvalue weighted by Crippen LogP contribution is 2.40. The summed E-state index contributed by atoms with van der Waals surface area (Å²) in [5, 5.41) is 0. The molecule has 2 heterocycles. The van der Waals surface area contributed by atoms with Crippen molar-refractivity contribution in [3.8, 4) is 0 Å². The highest BCUT2D eigenvalue weighted by atomic mass is 32.2. The number of Topliss-reactive ketones (excluding diaryl/α,β-unsaturated/α-hetero) is 1. The quantitative estimate of drug-likeness (QED) is 0.708. The first-order chi connectivity index (χ1) is 14.5. The first kappa shape index (κ1) is 21.4. The van der Waals surface area contributed by atoms with Crippen LogP contribution < -0.4 is 5.73 Å².